The van der Waals surface area contributed by atoms with Crippen molar-refractivity contribution in [1.82, 2.24) is 0 Å². The number of hydrogen-bond donors (Lipinski definition) is 0. The van der Waals surface area contributed by atoms with Crippen LogP contribution in [0.2, 0.25) is 10.0 Å². The average molecular weight is 362 g/mol. The van der Waals surface area contributed by atoms with E-state index in [9.17, 15) is 0 Å². The minimum absolute atomic E-state index is 0. The topological polar surface area (TPSA) is 0 Å². The van der Waals surface area contributed by atoms with Crippen LogP contribution in [0.3, 0.4) is 0 Å². The maximum absolute atomic E-state index is 6.12. The first-order valence-electron chi connectivity index (χ1n) is 4.53. The van der Waals surface area contributed by atoms with Crippen molar-refractivity contribution in [2.45, 2.75) is 0 Å². The fraction of sp³-hybridized carbons (Fsp3) is 0. The number of benzene rings is 2. The molecule has 4 heteroatoms. The van der Waals surface area contributed by atoms with Crippen LogP contribution in [0.5, 0.6) is 0 Å². The zero-order valence-electron chi connectivity index (χ0n) is 8.19. The molecule has 0 aliphatic rings. The predicted octanol–water partition coefficient (Wildman–Crippen LogP) is 3.62. The van der Waals surface area contributed by atoms with Gasteiger partial charge in [0.1, 0.15) is 0 Å². The minimum Gasteiger partial charge on any atom is -0.0827 e. The molecule has 1 unspecified atom stereocenters. The summed E-state index contributed by atoms with van der Waals surface area (Å²) in [5.74, 6) is 0. The van der Waals surface area contributed by atoms with Crippen LogP contribution in [0, 0.1) is 0 Å². The Morgan fingerprint density at radius 1 is 0.812 bits per heavy atom. The Labute approximate surface area is 121 Å². The molecule has 0 spiro atoms. The summed E-state index contributed by atoms with van der Waals surface area (Å²) in [4.78, 5) is 0. The van der Waals surface area contributed by atoms with Crippen LogP contribution >= 0.6 is 31.8 Å². The van der Waals surface area contributed by atoms with Gasteiger partial charge in [0.15, 0.2) is 0 Å². The van der Waals surface area contributed by atoms with Crippen molar-refractivity contribution in [2.75, 3.05) is 0 Å². The molecule has 0 aliphatic heterocycles. The standard InChI is InChI=1S/C12H9Cl2P.Pd/c13-10-7-4-8-11(12(10)14)15-9-5-2-1-3-6-9;/h1-8,15H;. The maximum atomic E-state index is 6.12. The second kappa shape index (κ2) is 6.75. The monoisotopic (exact) mass is 360 g/mol. The van der Waals surface area contributed by atoms with Gasteiger partial charge in [-0.3, -0.25) is 0 Å². The van der Waals surface area contributed by atoms with E-state index in [4.69, 9.17) is 23.2 Å². The first-order valence-corrected chi connectivity index (χ1v) is 6.29. The van der Waals surface area contributed by atoms with Gasteiger partial charge in [-0.2, -0.15) is 0 Å². The number of halogens is 2. The summed E-state index contributed by atoms with van der Waals surface area (Å²) >= 11 is 12.1. The molecule has 0 saturated carbocycles. The fourth-order valence-corrected chi connectivity index (χ4v) is 2.89. The van der Waals surface area contributed by atoms with Gasteiger partial charge in [-0.25, -0.2) is 0 Å². The van der Waals surface area contributed by atoms with E-state index in [1.807, 2.05) is 36.4 Å². The van der Waals surface area contributed by atoms with E-state index in [1.165, 1.54) is 5.30 Å². The molecule has 0 fully saturated rings. The molecule has 0 saturated heterocycles. The third-order valence-electron chi connectivity index (χ3n) is 2.00. The van der Waals surface area contributed by atoms with Crippen molar-refractivity contribution in [3.8, 4) is 0 Å². The van der Waals surface area contributed by atoms with Gasteiger partial charge in [-0.1, -0.05) is 74.2 Å². The van der Waals surface area contributed by atoms with Crippen LogP contribution in [-0.2, 0) is 20.4 Å². The van der Waals surface area contributed by atoms with Crippen molar-refractivity contribution < 1.29 is 20.4 Å². The van der Waals surface area contributed by atoms with Gasteiger partial charge in [-0.15, -0.1) is 0 Å². The van der Waals surface area contributed by atoms with Crippen LogP contribution in [0.25, 0.3) is 0 Å². The third kappa shape index (κ3) is 3.56. The molecular formula is C12H9Cl2PPd. The fourth-order valence-electron chi connectivity index (χ4n) is 1.28. The van der Waals surface area contributed by atoms with Crippen LogP contribution in [0.15, 0.2) is 48.5 Å². The molecule has 0 radical (unpaired) electrons. The Balaban J connectivity index is 0.00000128. The smallest absolute Gasteiger partial charge is 0.0669 e. The number of rotatable bonds is 2. The van der Waals surface area contributed by atoms with E-state index < -0.39 is 0 Å². The summed E-state index contributed by atoms with van der Waals surface area (Å²) < 4.78 is 0. The first-order chi connectivity index (χ1) is 7.27. The van der Waals surface area contributed by atoms with Gasteiger partial charge in [0.25, 0.3) is 0 Å². The van der Waals surface area contributed by atoms with Crippen molar-refractivity contribution in [2.24, 2.45) is 0 Å². The van der Waals surface area contributed by atoms with Crippen LogP contribution < -0.4 is 10.6 Å². The summed E-state index contributed by atoms with van der Waals surface area (Å²) in [7, 11) is 0.556. The first kappa shape index (κ1) is 14.2. The predicted molar refractivity (Wildman–Crippen MR) is 70.5 cm³/mol. The van der Waals surface area contributed by atoms with E-state index in [2.05, 4.69) is 12.1 Å². The molecule has 86 valence electrons. The second-order valence-corrected chi connectivity index (χ2v) is 5.24. The Kier molecular flexibility index (Phi) is 5.98. The van der Waals surface area contributed by atoms with Gasteiger partial charge in [0.05, 0.1) is 10.0 Å². The largest absolute Gasteiger partial charge is 0.0827 e. The molecule has 0 amide bonds. The number of hydrogen-bond acceptors (Lipinski definition) is 0. The summed E-state index contributed by atoms with van der Waals surface area (Å²) in [6.45, 7) is 0. The molecule has 0 N–H and O–H groups in total. The Morgan fingerprint density at radius 3 is 2.19 bits per heavy atom. The SMILES string of the molecule is Clc1cccc(Pc2ccccc2)c1Cl.[Pd]. The molecule has 1 atom stereocenters. The van der Waals surface area contributed by atoms with Gasteiger partial charge < -0.3 is 0 Å². The van der Waals surface area contributed by atoms with E-state index in [0.29, 0.717) is 18.6 Å². The zero-order chi connectivity index (χ0) is 10.7. The van der Waals surface area contributed by atoms with Crippen molar-refractivity contribution >= 4 is 42.4 Å². The normalized spacial score (nSPS) is 10.4. The third-order valence-corrected chi connectivity index (χ3v) is 4.29. The molecule has 0 nitrogen and oxygen atoms in total. The zero-order valence-corrected chi connectivity index (χ0v) is 12.3. The summed E-state index contributed by atoms with van der Waals surface area (Å²) in [5, 5.41) is 3.65. The molecule has 0 bridgehead atoms. The molecule has 0 aromatic heterocycles. The Bertz CT molecular complexity index is 460. The van der Waals surface area contributed by atoms with Crippen LogP contribution in [-0.4, -0.2) is 0 Å². The van der Waals surface area contributed by atoms with Gasteiger partial charge in [0, 0.05) is 20.4 Å². The molecule has 0 aliphatic carbocycles. The van der Waals surface area contributed by atoms with Gasteiger partial charge in [-0.05, 0) is 16.7 Å². The summed E-state index contributed by atoms with van der Waals surface area (Å²) in [6, 6.07) is 16.0. The molecule has 16 heavy (non-hydrogen) atoms. The van der Waals surface area contributed by atoms with Crippen molar-refractivity contribution in [3.63, 3.8) is 0 Å². The molecule has 2 aromatic rings. The second-order valence-electron chi connectivity index (χ2n) is 3.09. The average Bonchev–Trinajstić information content (AvgIpc) is 2.26. The molecule has 2 rings (SSSR count). The van der Waals surface area contributed by atoms with E-state index in [-0.39, 0.29) is 20.4 Å². The molecule has 0 heterocycles. The van der Waals surface area contributed by atoms with Crippen molar-refractivity contribution in [3.05, 3.63) is 58.6 Å². The maximum Gasteiger partial charge on any atom is 0.0669 e. The molecular weight excluding hydrogens is 352 g/mol. The van der Waals surface area contributed by atoms with E-state index in [0.717, 1.165) is 5.30 Å². The van der Waals surface area contributed by atoms with Crippen LogP contribution in [0.4, 0.5) is 0 Å². The van der Waals surface area contributed by atoms with Crippen LogP contribution in [0.1, 0.15) is 0 Å². The van der Waals surface area contributed by atoms with E-state index >= 15 is 0 Å². The molecule has 2 aromatic carbocycles. The summed E-state index contributed by atoms with van der Waals surface area (Å²) in [6.07, 6.45) is 0. The van der Waals surface area contributed by atoms with Gasteiger partial charge in [0.2, 0.25) is 0 Å². The Hall–Kier alpha value is 0.112. The summed E-state index contributed by atoms with van der Waals surface area (Å²) in [5.41, 5.74) is 0. The quantitative estimate of drug-likeness (QED) is 0.566. The van der Waals surface area contributed by atoms with E-state index in [1.54, 1.807) is 0 Å². The van der Waals surface area contributed by atoms with Crippen molar-refractivity contribution in [1.29, 1.82) is 0 Å². The minimum atomic E-state index is 0. The Morgan fingerprint density at radius 2 is 1.50 bits per heavy atom. The van der Waals surface area contributed by atoms with Gasteiger partial charge >= 0.3 is 0 Å².